The fraction of sp³-hybridized carbons (Fsp3) is 0.409. The van der Waals surface area contributed by atoms with E-state index >= 15 is 0 Å². The van der Waals surface area contributed by atoms with E-state index in [2.05, 4.69) is 76.4 Å². The molecular weight excluding hydrogens is 338 g/mol. The van der Waals surface area contributed by atoms with Crippen LogP contribution in [0, 0.1) is 5.92 Å². The Bertz CT molecular complexity index is 713. The molecule has 2 fully saturated rings. The van der Waals surface area contributed by atoms with Crippen molar-refractivity contribution < 1.29 is 9.53 Å². The Labute approximate surface area is 160 Å². The van der Waals surface area contributed by atoms with E-state index in [-0.39, 0.29) is 17.9 Å². The first-order chi connectivity index (χ1) is 13.3. The number of ether oxygens (including phenoxy) is 1. The maximum atomic E-state index is 11.7. The molecule has 3 atom stereocenters. The normalized spacial score (nSPS) is 25.3. The van der Waals surface area contributed by atoms with Crippen molar-refractivity contribution in [3.63, 3.8) is 0 Å². The van der Waals surface area contributed by atoms with Crippen LogP contribution < -0.4 is 10.9 Å². The highest BCUT2D eigenvalue weighted by Crippen LogP contribution is 2.36. The van der Waals surface area contributed by atoms with Crippen molar-refractivity contribution in [3.05, 3.63) is 71.8 Å². The first-order valence-electron chi connectivity index (χ1n) is 9.66. The summed E-state index contributed by atoms with van der Waals surface area (Å²) in [5, 5.41) is 0. The highest BCUT2D eigenvalue weighted by molar-refractivity contribution is 5.71. The van der Waals surface area contributed by atoms with Gasteiger partial charge in [0.2, 0.25) is 0 Å². The molecule has 2 aromatic carbocycles. The second-order valence-corrected chi connectivity index (χ2v) is 7.48. The van der Waals surface area contributed by atoms with Gasteiger partial charge in [0.05, 0.1) is 13.7 Å². The molecule has 2 aliphatic heterocycles. The smallest absolute Gasteiger partial charge is 0.319 e. The van der Waals surface area contributed by atoms with Crippen molar-refractivity contribution in [1.29, 1.82) is 0 Å². The maximum Gasteiger partial charge on any atom is 0.319 e. The molecule has 2 aliphatic rings. The van der Waals surface area contributed by atoms with Gasteiger partial charge in [-0.1, -0.05) is 60.7 Å². The maximum absolute atomic E-state index is 11.7. The number of piperidine rings is 1. The number of nitrogens with zero attached hydrogens (tertiary/aromatic N) is 1. The van der Waals surface area contributed by atoms with Gasteiger partial charge in [-0.25, -0.2) is 0 Å². The lowest BCUT2D eigenvalue weighted by molar-refractivity contribution is -0.142. The Morgan fingerprint density at radius 2 is 1.70 bits per heavy atom. The van der Waals surface area contributed by atoms with Crippen LogP contribution in [-0.2, 0) is 9.53 Å². The number of fused-ring (bicyclic) bond motifs is 1. The largest absolute Gasteiger partial charge is 0.468 e. The number of hydrazine groups is 1. The number of carbonyl (C=O) groups is 1. The van der Waals surface area contributed by atoms with E-state index in [1.54, 1.807) is 0 Å². The SMILES string of the molecule is COC(=O)CN1CCC2NNC(C(c3ccccc3)c3ccccc3)C2C1. The standard InChI is InChI=1S/C22H27N3O2/c1-27-20(26)15-25-13-12-19-18(14-25)22(24-23-19)21(16-8-4-2-5-9-16)17-10-6-3-7-11-17/h2-11,18-19,21-24H,12-15H2,1H3. The second kappa shape index (κ2) is 8.21. The Balaban J connectivity index is 1.61. The van der Waals surface area contributed by atoms with Gasteiger partial charge in [0.25, 0.3) is 0 Å². The molecule has 3 unspecified atom stereocenters. The van der Waals surface area contributed by atoms with Crippen molar-refractivity contribution in [2.45, 2.75) is 24.4 Å². The minimum atomic E-state index is -0.161. The van der Waals surface area contributed by atoms with Crippen LogP contribution in [0.15, 0.2) is 60.7 Å². The van der Waals surface area contributed by atoms with Gasteiger partial charge in [-0.05, 0) is 17.5 Å². The van der Waals surface area contributed by atoms with Crippen LogP contribution in [0.25, 0.3) is 0 Å². The molecule has 0 bridgehead atoms. The Morgan fingerprint density at radius 1 is 1.07 bits per heavy atom. The number of esters is 1. The Morgan fingerprint density at radius 3 is 2.30 bits per heavy atom. The summed E-state index contributed by atoms with van der Waals surface area (Å²) < 4.78 is 4.87. The summed E-state index contributed by atoms with van der Waals surface area (Å²) in [6.07, 6.45) is 1.03. The summed E-state index contributed by atoms with van der Waals surface area (Å²) in [7, 11) is 1.46. The first-order valence-corrected chi connectivity index (χ1v) is 9.66. The fourth-order valence-electron chi connectivity index (χ4n) is 4.55. The van der Waals surface area contributed by atoms with Gasteiger partial charge < -0.3 is 4.74 Å². The van der Waals surface area contributed by atoms with Gasteiger partial charge in [0.15, 0.2) is 0 Å². The van der Waals surface area contributed by atoms with Crippen LogP contribution in [0.5, 0.6) is 0 Å². The molecular formula is C22H27N3O2. The van der Waals surface area contributed by atoms with E-state index in [0.717, 1.165) is 19.5 Å². The van der Waals surface area contributed by atoms with E-state index in [1.807, 2.05) is 0 Å². The highest BCUT2D eigenvalue weighted by Gasteiger charge is 2.44. The highest BCUT2D eigenvalue weighted by atomic mass is 16.5. The number of hydrogen-bond acceptors (Lipinski definition) is 5. The number of carbonyl (C=O) groups excluding carboxylic acids is 1. The van der Waals surface area contributed by atoms with Crippen molar-refractivity contribution in [2.24, 2.45) is 5.92 Å². The number of methoxy groups -OCH3 is 1. The molecule has 0 aromatic heterocycles. The van der Waals surface area contributed by atoms with E-state index in [0.29, 0.717) is 18.5 Å². The summed E-state index contributed by atoms with van der Waals surface area (Å²) in [6.45, 7) is 2.17. The summed E-state index contributed by atoms with van der Waals surface area (Å²) in [5.74, 6) is 0.522. The molecule has 27 heavy (non-hydrogen) atoms. The third-order valence-electron chi connectivity index (χ3n) is 5.90. The topological polar surface area (TPSA) is 53.6 Å². The lowest BCUT2D eigenvalue weighted by Gasteiger charge is -2.37. The third-order valence-corrected chi connectivity index (χ3v) is 5.90. The van der Waals surface area contributed by atoms with Crippen LogP contribution in [0.2, 0.25) is 0 Å². The summed E-state index contributed by atoms with van der Waals surface area (Å²) in [5.41, 5.74) is 9.74. The lowest BCUT2D eigenvalue weighted by Crippen LogP contribution is -2.48. The van der Waals surface area contributed by atoms with Gasteiger partial charge >= 0.3 is 5.97 Å². The van der Waals surface area contributed by atoms with Crippen LogP contribution >= 0.6 is 0 Å². The molecule has 142 valence electrons. The van der Waals surface area contributed by atoms with Crippen LogP contribution in [-0.4, -0.2) is 49.7 Å². The van der Waals surface area contributed by atoms with Gasteiger partial charge in [-0.2, -0.15) is 0 Å². The predicted octanol–water partition coefficient (Wildman–Crippen LogP) is 2.16. The molecule has 5 nitrogen and oxygen atoms in total. The zero-order valence-electron chi connectivity index (χ0n) is 15.7. The lowest BCUT2D eigenvalue weighted by atomic mass is 9.76. The molecule has 2 N–H and O–H groups in total. The summed E-state index contributed by atoms with van der Waals surface area (Å²) >= 11 is 0. The van der Waals surface area contributed by atoms with Crippen molar-refractivity contribution in [3.8, 4) is 0 Å². The number of likely N-dealkylation sites (tertiary alicyclic amines) is 1. The van der Waals surface area contributed by atoms with Crippen LogP contribution in [0.3, 0.4) is 0 Å². The van der Waals surface area contributed by atoms with Crippen LogP contribution in [0.1, 0.15) is 23.5 Å². The van der Waals surface area contributed by atoms with E-state index in [4.69, 9.17) is 4.74 Å². The second-order valence-electron chi connectivity index (χ2n) is 7.48. The molecule has 5 heteroatoms. The minimum absolute atomic E-state index is 0.161. The molecule has 4 rings (SSSR count). The van der Waals surface area contributed by atoms with Crippen molar-refractivity contribution >= 4 is 5.97 Å². The minimum Gasteiger partial charge on any atom is -0.468 e. The molecule has 0 aliphatic carbocycles. The molecule has 0 amide bonds. The van der Waals surface area contributed by atoms with Crippen LogP contribution in [0.4, 0.5) is 0 Å². The Hall–Kier alpha value is -2.21. The van der Waals surface area contributed by atoms with E-state index < -0.39 is 0 Å². The van der Waals surface area contributed by atoms with Crippen molar-refractivity contribution in [1.82, 2.24) is 15.8 Å². The fourth-order valence-corrected chi connectivity index (χ4v) is 4.55. The average Bonchev–Trinajstić information content (AvgIpc) is 3.13. The van der Waals surface area contributed by atoms with Gasteiger partial charge in [-0.15, -0.1) is 0 Å². The molecule has 2 heterocycles. The summed E-state index contributed by atoms with van der Waals surface area (Å²) in [6, 6.07) is 22.1. The zero-order chi connectivity index (χ0) is 18.6. The van der Waals surface area contributed by atoms with E-state index in [9.17, 15) is 4.79 Å². The number of benzene rings is 2. The molecule has 0 saturated carbocycles. The van der Waals surface area contributed by atoms with Gasteiger partial charge in [-0.3, -0.25) is 20.5 Å². The summed E-state index contributed by atoms with van der Waals surface area (Å²) in [4.78, 5) is 14.0. The Kier molecular flexibility index (Phi) is 5.53. The molecule has 0 spiro atoms. The first kappa shape index (κ1) is 18.2. The number of rotatable bonds is 5. The molecule has 2 saturated heterocycles. The van der Waals surface area contributed by atoms with E-state index in [1.165, 1.54) is 18.2 Å². The predicted molar refractivity (Wildman–Crippen MR) is 105 cm³/mol. The monoisotopic (exact) mass is 365 g/mol. The molecule has 0 radical (unpaired) electrons. The zero-order valence-corrected chi connectivity index (χ0v) is 15.7. The third kappa shape index (κ3) is 3.90. The van der Waals surface area contributed by atoms with Crippen molar-refractivity contribution in [2.75, 3.05) is 26.7 Å². The number of nitrogens with one attached hydrogen (secondary N) is 2. The number of hydrogen-bond donors (Lipinski definition) is 2. The van der Waals surface area contributed by atoms with Gasteiger partial charge in [0.1, 0.15) is 0 Å². The quantitative estimate of drug-likeness (QED) is 0.796. The molecule has 2 aromatic rings. The average molecular weight is 365 g/mol. The van der Waals surface area contributed by atoms with Gasteiger partial charge in [0, 0.05) is 37.0 Å².